The molecule has 18 heavy (non-hydrogen) atoms. The first-order chi connectivity index (χ1) is 8.72. The highest BCUT2D eigenvalue weighted by molar-refractivity contribution is 6.32. The second-order valence-electron chi connectivity index (χ2n) is 5.15. The largest absolute Gasteiger partial charge is 0.302 e. The third kappa shape index (κ3) is 3.15. The quantitative estimate of drug-likeness (QED) is 0.766. The summed E-state index contributed by atoms with van der Waals surface area (Å²) in [6, 6.07) is 8.26. The molecule has 0 amide bonds. The number of rotatable bonds is 4. The van der Waals surface area contributed by atoms with Crippen molar-refractivity contribution < 1.29 is 0 Å². The van der Waals surface area contributed by atoms with Gasteiger partial charge in [0.2, 0.25) is 0 Å². The Morgan fingerprint density at radius 1 is 1.28 bits per heavy atom. The molecule has 1 aliphatic rings. The predicted octanol–water partition coefficient (Wildman–Crippen LogP) is 4.62. The number of halogens is 1. The molecular formula is C16H22ClN. The van der Waals surface area contributed by atoms with Crippen molar-refractivity contribution in [3.8, 4) is 0 Å². The van der Waals surface area contributed by atoms with Crippen molar-refractivity contribution in [1.82, 2.24) is 4.90 Å². The summed E-state index contributed by atoms with van der Waals surface area (Å²) in [5, 5.41) is 0.894. The summed E-state index contributed by atoms with van der Waals surface area (Å²) in [5.74, 6) is 0. The molecule has 0 N–H and O–H groups in total. The van der Waals surface area contributed by atoms with Crippen LogP contribution in [0.1, 0.15) is 38.2 Å². The van der Waals surface area contributed by atoms with Crippen molar-refractivity contribution in [3.05, 3.63) is 40.4 Å². The maximum Gasteiger partial charge on any atom is 0.0481 e. The van der Waals surface area contributed by atoms with E-state index in [0.29, 0.717) is 0 Å². The van der Waals surface area contributed by atoms with Crippen LogP contribution < -0.4 is 0 Å². The topological polar surface area (TPSA) is 3.24 Å². The van der Waals surface area contributed by atoms with Crippen molar-refractivity contribution >= 4 is 17.2 Å². The van der Waals surface area contributed by atoms with E-state index in [1.165, 1.54) is 30.4 Å². The van der Waals surface area contributed by atoms with E-state index in [0.717, 1.165) is 24.5 Å². The number of unbranched alkanes of at least 4 members (excludes halogenated alkanes) is 1. The second-order valence-corrected chi connectivity index (χ2v) is 5.56. The molecule has 1 nitrogen and oxygen atoms in total. The summed E-state index contributed by atoms with van der Waals surface area (Å²) >= 11 is 6.35. The van der Waals surface area contributed by atoms with Crippen LogP contribution in [0.5, 0.6) is 0 Å². The Morgan fingerprint density at radius 3 is 2.78 bits per heavy atom. The summed E-state index contributed by atoms with van der Waals surface area (Å²) in [7, 11) is 2.20. The van der Waals surface area contributed by atoms with E-state index in [9.17, 15) is 0 Å². The second kappa shape index (κ2) is 6.40. The van der Waals surface area contributed by atoms with E-state index < -0.39 is 0 Å². The average Bonchev–Trinajstić information content (AvgIpc) is 2.37. The maximum atomic E-state index is 6.35. The normalized spacial score (nSPS) is 17.3. The first-order valence-electron chi connectivity index (χ1n) is 6.86. The minimum Gasteiger partial charge on any atom is -0.302 e. The minimum absolute atomic E-state index is 0.894. The molecule has 0 fully saturated rings. The summed E-state index contributed by atoms with van der Waals surface area (Å²) in [4.78, 5) is 2.41. The fourth-order valence-corrected chi connectivity index (χ4v) is 2.88. The summed E-state index contributed by atoms with van der Waals surface area (Å²) in [5.41, 5.74) is 4.32. The van der Waals surface area contributed by atoms with Crippen LogP contribution in [-0.2, 0) is 0 Å². The van der Waals surface area contributed by atoms with E-state index in [-0.39, 0.29) is 0 Å². The molecule has 0 atom stereocenters. The Morgan fingerprint density at radius 2 is 2.06 bits per heavy atom. The van der Waals surface area contributed by atoms with E-state index >= 15 is 0 Å². The van der Waals surface area contributed by atoms with Crippen LogP contribution in [-0.4, -0.2) is 25.0 Å². The van der Waals surface area contributed by atoms with Crippen molar-refractivity contribution in [2.24, 2.45) is 0 Å². The molecule has 0 aliphatic carbocycles. The molecule has 0 radical (unpaired) electrons. The first-order valence-corrected chi connectivity index (χ1v) is 7.24. The summed E-state index contributed by atoms with van der Waals surface area (Å²) in [6.07, 6.45) is 4.86. The van der Waals surface area contributed by atoms with E-state index in [4.69, 9.17) is 11.6 Å². The molecule has 0 saturated carbocycles. The molecule has 1 aromatic carbocycles. The third-order valence-corrected chi connectivity index (χ3v) is 3.99. The van der Waals surface area contributed by atoms with Gasteiger partial charge in [0.1, 0.15) is 0 Å². The van der Waals surface area contributed by atoms with Gasteiger partial charge in [-0.1, -0.05) is 48.7 Å². The Bertz CT molecular complexity index is 436. The fraction of sp³-hybridized carbons (Fsp3) is 0.500. The molecule has 0 aromatic heterocycles. The zero-order valence-electron chi connectivity index (χ0n) is 11.4. The van der Waals surface area contributed by atoms with E-state index in [2.05, 4.69) is 31.0 Å². The third-order valence-electron chi connectivity index (χ3n) is 3.66. The minimum atomic E-state index is 0.894. The maximum absolute atomic E-state index is 6.35. The lowest BCUT2D eigenvalue weighted by molar-refractivity contribution is 0.354. The zero-order valence-corrected chi connectivity index (χ0v) is 12.1. The summed E-state index contributed by atoms with van der Waals surface area (Å²) in [6.45, 7) is 4.49. The number of nitrogens with zero attached hydrogens (tertiary/aromatic N) is 1. The molecule has 0 bridgehead atoms. The molecular weight excluding hydrogens is 242 g/mol. The van der Waals surface area contributed by atoms with Crippen LogP contribution in [0, 0.1) is 0 Å². The predicted molar refractivity (Wildman–Crippen MR) is 80.0 cm³/mol. The molecule has 0 saturated heterocycles. The van der Waals surface area contributed by atoms with Crippen LogP contribution in [0.25, 0.3) is 5.57 Å². The SMILES string of the molecule is CCCCC1=C(c2ccccc2Cl)CCN(C)C1. The van der Waals surface area contributed by atoms with Gasteiger partial charge in [-0.25, -0.2) is 0 Å². The first kappa shape index (κ1) is 13.6. The van der Waals surface area contributed by atoms with Crippen LogP contribution >= 0.6 is 11.6 Å². The average molecular weight is 264 g/mol. The Balaban J connectivity index is 2.33. The van der Waals surface area contributed by atoms with Gasteiger partial charge in [-0.05, 0) is 43.5 Å². The molecule has 0 spiro atoms. The van der Waals surface area contributed by atoms with E-state index in [1.54, 1.807) is 5.57 Å². The van der Waals surface area contributed by atoms with Crippen molar-refractivity contribution in [2.75, 3.05) is 20.1 Å². The van der Waals surface area contributed by atoms with Crippen molar-refractivity contribution in [3.63, 3.8) is 0 Å². The van der Waals surface area contributed by atoms with Gasteiger partial charge in [-0.3, -0.25) is 0 Å². The molecule has 1 aromatic rings. The Kier molecular flexibility index (Phi) is 4.85. The van der Waals surface area contributed by atoms with Crippen molar-refractivity contribution in [1.29, 1.82) is 0 Å². The molecule has 1 heterocycles. The van der Waals surface area contributed by atoms with Crippen LogP contribution in [0.4, 0.5) is 0 Å². The van der Waals surface area contributed by atoms with Gasteiger partial charge in [0.15, 0.2) is 0 Å². The highest BCUT2D eigenvalue weighted by Crippen LogP contribution is 2.33. The highest BCUT2D eigenvalue weighted by Gasteiger charge is 2.18. The van der Waals surface area contributed by atoms with Gasteiger partial charge in [0.25, 0.3) is 0 Å². The number of hydrogen-bond acceptors (Lipinski definition) is 1. The smallest absolute Gasteiger partial charge is 0.0481 e. The fourth-order valence-electron chi connectivity index (χ4n) is 2.63. The van der Waals surface area contributed by atoms with E-state index in [1.807, 2.05) is 12.1 Å². The van der Waals surface area contributed by atoms with Gasteiger partial charge in [0.05, 0.1) is 0 Å². The number of hydrogen-bond donors (Lipinski definition) is 0. The Labute approximate surface area is 115 Å². The lowest BCUT2D eigenvalue weighted by Crippen LogP contribution is -2.27. The van der Waals surface area contributed by atoms with Gasteiger partial charge in [0, 0.05) is 18.1 Å². The highest BCUT2D eigenvalue weighted by atomic mass is 35.5. The van der Waals surface area contributed by atoms with Crippen LogP contribution in [0.3, 0.4) is 0 Å². The molecule has 2 heteroatoms. The molecule has 2 rings (SSSR count). The molecule has 98 valence electrons. The number of likely N-dealkylation sites (N-methyl/N-ethyl adjacent to an activating group) is 1. The van der Waals surface area contributed by atoms with Crippen LogP contribution in [0.2, 0.25) is 5.02 Å². The van der Waals surface area contributed by atoms with Gasteiger partial charge in [-0.15, -0.1) is 0 Å². The number of benzene rings is 1. The van der Waals surface area contributed by atoms with Crippen molar-refractivity contribution in [2.45, 2.75) is 32.6 Å². The molecule has 0 unspecified atom stereocenters. The molecule has 1 aliphatic heterocycles. The van der Waals surface area contributed by atoms with Gasteiger partial charge >= 0.3 is 0 Å². The standard InChI is InChI=1S/C16H22ClN/c1-3-4-7-13-12-18(2)11-10-14(13)15-8-5-6-9-16(15)17/h5-6,8-9H,3-4,7,10-12H2,1-2H3. The van der Waals surface area contributed by atoms with Gasteiger partial charge in [-0.2, -0.15) is 0 Å². The monoisotopic (exact) mass is 263 g/mol. The lowest BCUT2D eigenvalue weighted by Gasteiger charge is -2.28. The van der Waals surface area contributed by atoms with Gasteiger partial charge < -0.3 is 4.90 Å². The Hall–Kier alpha value is -0.790. The lowest BCUT2D eigenvalue weighted by atomic mass is 9.91. The zero-order chi connectivity index (χ0) is 13.0. The summed E-state index contributed by atoms with van der Waals surface area (Å²) < 4.78 is 0. The van der Waals surface area contributed by atoms with Crippen LogP contribution in [0.15, 0.2) is 29.8 Å².